The van der Waals surface area contributed by atoms with Crippen molar-refractivity contribution in [3.8, 4) is 0 Å². The summed E-state index contributed by atoms with van der Waals surface area (Å²) in [6, 6.07) is 1.41. The minimum absolute atomic E-state index is 0.382. The summed E-state index contributed by atoms with van der Waals surface area (Å²) in [5.41, 5.74) is 0. The van der Waals surface area contributed by atoms with Crippen LogP contribution < -0.4 is 5.32 Å². The van der Waals surface area contributed by atoms with E-state index in [0.29, 0.717) is 18.2 Å². The van der Waals surface area contributed by atoms with Gasteiger partial charge in [-0.1, -0.05) is 26.7 Å². The molecular weight excluding hydrogens is 260 g/mol. The van der Waals surface area contributed by atoms with Gasteiger partial charge in [-0.15, -0.1) is 0 Å². The lowest BCUT2D eigenvalue weighted by molar-refractivity contribution is -0.0906. The molecule has 0 amide bonds. The molecule has 3 unspecified atom stereocenters. The normalized spacial score (nSPS) is 38.6. The van der Waals surface area contributed by atoms with Crippen molar-refractivity contribution in [3.05, 3.63) is 0 Å². The van der Waals surface area contributed by atoms with Crippen LogP contribution in [-0.2, 0) is 4.74 Å². The van der Waals surface area contributed by atoms with E-state index in [4.69, 9.17) is 4.74 Å². The average molecular weight is 296 g/mol. The van der Waals surface area contributed by atoms with Gasteiger partial charge in [0, 0.05) is 25.2 Å². The van der Waals surface area contributed by atoms with E-state index in [0.717, 1.165) is 31.6 Å². The van der Waals surface area contributed by atoms with Crippen molar-refractivity contribution in [2.45, 2.75) is 90.5 Å². The fourth-order valence-corrected chi connectivity index (χ4v) is 4.36. The van der Waals surface area contributed by atoms with Gasteiger partial charge in [-0.25, -0.2) is 0 Å². The number of rotatable bonds is 6. The van der Waals surface area contributed by atoms with Crippen molar-refractivity contribution in [2.24, 2.45) is 5.92 Å². The van der Waals surface area contributed by atoms with Gasteiger partial charge in [0.05, 0.1) is 12.2 Å². The molecule has 0 aromatic carbocycles. The molecule has 1 aliphatic heterocycles. The molecule has 0 spiro atoms. The molecule has 1 heterocycles. The van der Waals surface area contributed by atoms with Crippen LogP contribution in [0.4, 0.5) is 0 Å². The molecule has 2 rings (SSSR count). The molecule has 0 bridgehead atoms. The lowest BCUT2D eigenvalue weighted by Gasteiger charge is -2.47. The van der Waals surface area contributed by atoms with Gasteiger partial charge in [0.1, 0.15) is 0 Å². The van der Waals surface area contributed by atoms with Gasteiger partial charge < -0.3 is 10.1 Å². The van der Waals surface area contributed by atoms with Crippen LogP contribution in [-0.4, -0.2) is 48.8 Å². The summed E-state index contributed by atoms with van der Waals surface area (Å²) in [6.07, 6.45) is 8.90. The SMILES string of the molecule is CCCNC1CCC(CCC)CC1N1C[C@@H](C)O[C@@H](C)C1. The molecule has 2 fully saturated rings. The predicted octanol–water partition coefficient (Wildman–Crippen LogP) is 3.43. The van der Waals surface area contributed by atoms with E-state index < -0.39 is 0 Å². The molecule has 1 saturated heterocycles. The smallest absolute Gasteiger partial charge is 0.0678 e. The van der Waals surface area contributed by atoms with Gasteiger partial charge in [0.15, 0.2) is 0 Å². The highest BCUT2D eigenvalue weighted by atomic mass is 16.5. The number of nitrogens with one attached hydrogen (secondary N) is 1. The maximum Gasteiger partial charge on any atom is 0.0678 e. The second kappa shape index (κ2) is 8.50. The van der Waals surface area contributed by atoms with E-state index in [9.17, 15) is 0 Å². The topological polar surface area (TPSA) is 24.5 Å². The van der Waals surface area contributed by atoms with Crippen LogP contribution in [0.1, 0.15) is 66.2 Å². The number of ether oxygens (including phenoxy) is 1. The van der Waals surface area contributed by atoms with E-state index in [1.807, 2.05) is 0 Å². The largest absolute Gasteiger partial charge is 0.373 e. The predicted molar refractivity (Wildman–Crippen MR) is 89.7 cm³/mol. The van der Waals surface area contributed by atoms with Gasteiger partial charge in [-0.05, 0) is 52.0 Å². The lowest BCUT2D eigenvalue weighted by Crippen LogP contribution is -2.58. The second-order valence-electron chi connectivity index (χ2n) is 7.31. The zero-order valence-corrected chi connectivity index (χ0v) is 14.6. The maximum absolute atomic E-state index is 5.94. The highest BCUT2D eigenvalue weighted by Gasteiger charge is 2.36. The molecule has 0 aromatic rings. The number of hydrogen-bond donors (Lipinski definition) is 1. The summed E-state index contributed by atoms with van der Waals surface area (Å²) in [4.78, 5) is 2.73. The molecule has 0 aromatic heterocycles. The zero-order chi connectivity index (χ0) is 15.2. The first-order chi connectivity index (χ1) is 10.1. The lowest BCUT2D eigenvalue weighted by atomic mass is 9.79. The first-order valence-electron chi connectivity index (χ1n) is 9.26. The Hall–Kier alpha value is -0.120. The Kier molecular flexibility index (Phi) is 6.97. The van der Waals surface area contributed by atoms with Crippen LogP contribution in [0.5, 0.6) is 0 Å². The summed E-state index contributed by atoms with van der Waals surface area (Å²) in [6.45, 7) is 12.4. The second-order valence-corrected chi connectivity index (χ2v) is 7.31. The molecule has 21 heavy (non-hydrogen) atoms. The Morgan fingerprint density at radius 1 is 1.05 bits per heavy atom. The Bertz CT molecular complexity index is 287. The van der Waals surface area contributed by atoms with Crippen LogP contribution in [0.2, 0.25) is 0 Å². The van der Waals surface area contributed by atoms with Crippen LogP contribution in [0, 0.1) is 5.92 Å². The van der Waals surface area contributed by atoms with E-state index in [1.54, 1.807) is 0 Å². The minimum Gasteiger partial charge on any atom is -0.373 e. The van der Waals surface area contributed by atoms with E-state index in [-0.39, 0.29) is 0 Å². The number of hydrogen-bond acceptors (Lipinski definition) is 3. The molecule has 2 aliphatic rings. The minimum atomic E-state index is 0.382. The van der Waals surface area contributed by atoms with E-state index >= 15 is 0 Å². The van der Waals surface area contributed by atoms with Crippen molar-refractivity contribution in [1.29, 1.82) is 0 Å². The van der Waals surface area contributed by atoms with Crippen molar-refractivity contribution < 1.29 is 4.74 Å². The standard InChI is InChI=1S/C18H36N2O/c1-5-7-16-8-9-17(19-10-6-2)18(11-16)20-12-14(3)21-15(4)13-20/h14-19H,5-13H2,1-4H3/t14-,15+,16?,17?,18?. The van der Waals surface area contributed by atoms with Gasteiger partial charge in [-0.3, -0.25) is 4.90 Å². The van der Waals surface area contributed by atoms with Crippen molar-refractivity contribution in [2.75, 3.05) is 19.6 Å². The van der Waals surface area contributed by atoms with Gasteiger partial charge in [0.2, 0.25) is 0 Å². The third kappa shape index (κ3) is 4.94. The first-order valence-corrected chi connectivity index (χ1v) is 9.26. The van der Waals surface area contributed by atoms with Gasteiger partial charge >= 0.3 is 0 Å². The molecule has 3 heteroatoms. The summed E-state index contributed by atoms with van der Waals surface area (Å²) < 4.78 is 5.94. The molecular formula is C18H36N2O. The molecule has 5 atom stereocenters. The highest BCUT2D eigenvalue weighted by Crippen LogP contribution is 2.32. The van der Waals surface area contributed by atoms with Crippen molar-refractivity contribution >= 4 is 0 Å². The average Bonchev–Trinajstić information content (AvgIpc) is 2.45. The van der Waals surface area contributed by atoms with Gasteiger partial charge in [-0.2, -0.15) is 0 Å². The molecule has 3 nitrogen and oxygen atoms in total. The Morgan fingerprint density at radius 2 is 1.76 bits per heavy atom. The van der Waals surface area contributed by atoms with Crippen LogP contribution >= 0.6 is 0 Å². The van der Waals surface area contributed by atoms with Gasteiger partial charge in [0.25, 0.3) is 0 Å². The van der Waals surface area contributed by atoms with Crippen molar-refractivity contribution in [3.63, 3.8) is 0 Å². The fourth-order valence-electron chi connectivity index (χ4n) is 4.36. The Morgan fingerprint density at radius 3 is 2.38 bits per heavy atom. The van der Waals surface area contributed by atoms with Crippen LogP contribution in [0.15, 0.2) is 0 Å². The summed E-state index contributed by atoms with van der Waals surface area (Å²) in [5.74, 6) is 0.938. The summed E-state index contributed by atoms with van der Waals surface area (Å²) in [7, 11) is 0. The van der Waals surface area contributed by atoms with Crippen molar-refractivity contribution in [1.82, 2.24) is 10.2 Å². The zero-order valence-electron chi connectivity index (χ0n) is 14.6. The molecule has 0 radical (unpaired) electrons. The monoisotopic (exact) mass is 296 g/mol. The Labute approximate surface area is 131 Å². The van der Waals surface area contributed by atoms with E-state index in [1.165, 1.54) is 38.5 Å². The highest BCUT2D eigenvalue weighted by molar-refractivity contribution is 4.93. The summed E-state index contributed by atoms with van der Waals surface area (Å²) >= 11 is 0. The maximum atomic E-state index is 5.94. The third-order valence-corrected chi connectivity index (χ3v) is 5.20. The Balaban J connectivity index is 2.00. The van der Waals surface area contributed by atoms with Crippen LogP contribution in [0.25, 0.3) is 0 Å². The summed E-state index contributed by atoms with van der Waals surface area (Å²) in [5, 5.41) is 3.83. The van der Waals surface area contributed by atoms with E-state index in [2.05, 4.69) is 37.9 Å². The molecule has 1 N–H and O–H groups in total. The quantitative estimate of drug-likeness (QED) is 0.812. The molecule has 1 saturated carbocycles. The third-order valence-electron chi connectivity index (χ3n) is 5.20. The number of nitrogens with zero attached hydrogens (tertiary/aromatic N) is 1. The first kappa shape index (κ1) is 17.2. The fraction of sp³-hybridized carbons (Fsp3) is 1.00. The molecule has 124 valence electrons. The van der Waals surface area contributed by atoms with Crippen LogP contribution in [0.3, 0.4) is 0 Å². The number of morpholine rings is 1. The molecule has 1 aliphatic carbocycles.